The van der Waals surface area contributed by atoms with Crippen molar-refractivity contribution in [2.45, 2.75) is 12.5 Å². The van der Waals surface area contributed by atoms with Crippen LogP contribution in [0.15, 0.2) is 24.3 Å². The molecule has 82 valence electrons. The van der Waals surface area contributed by atoms with Gasteiger partial charge >= 0.3 is 6.09 Å². The highest BCUT2D eigenvalue weighted by Crippen LogP contribution is 2.10. The van der Waals surface area contributed by atoms with Crippen LogP contribution in [0.4, 0.5) is 4.79 Å². The van der Waals surface area contributed by atoms with E-state index in [0.717, 1.165) is 5.56 Å². The minimum absolute atomic E-state index is 0.0935. The van der Waals surface area contributed by atoms with Gasteiger partial charge in [0.25, 0.3) is 0 Å². The summed E-state index contributed by atoms with van der Waals surface area (Å²) in [5.41, 5.74) is 11.5. The molecular weight excluding hydrogens is 196 g/mol. The molecule has 0 heterocycles. The van der Waals surface area contributed by atoms with E-state index in [9.17, 15) is 4.79 Å². The lowest BCUT2D eigenvalue weighted by Crippen LogP contribution is -2.31. The first-order chi connectivity index (χ1) is 7.08. The summed E-state index contributed by atoms with van der Waals surface area (Å²) in [7, 11) is 0. The largest absolute Gasteiger partial charge is 0.508 e. The van der Waals surface area contributed by atoms with Crippen molar-refractivity contribution in [2.24, 2.45) is 11.5 Å². The van der Waals surface area contributed by atoms with E-state index < -0.39 is 6.09 Å². The Morgan fingerprint density at radius 2 is 2.00 bits per heavy atom. The molecule has 0 bridgehead atoms. The third-order valence-corrected chi connectivity index (χ3v) is 1.87. The first-order valence-corrected chi connectivity index (χ1v) is 4.53. The first-order valence-electron chi connectivity index (χ1n) is 4.53. The van der Waals surface area contributed by atoms with E-state index in [1.165, 1.54) is 0 Å². The average molecular weight is 210 g/mol. The molecule has 5 heteroatoms. The lowest BCUT2D eigenvalue weighted by Gasteiger charge is -2.10. The molecule has 5 N–H and O–H groups in total. The Hall–Kier alpha value is -1.75. The Balaban J connectivity index is 2.40. The number of aromatic hydroxyl groups is 1. The Kier molecular flexibility index (Phi) is 3.93. The number of phenols is 1. The molecule has 0 spiro atoms. The van der Waals surface area contributed by atoms with E-state index in [-0.39, 0.29) is 18.4 Å². The van der Waals surface area contributed by atoms with Crippen LogP contribution in [0.5, 0.6) is 5.75 Å². The third-order valence-electron chi connectivity index (χ3n) is 1.87. The van der Waals surface area contributed by atoms with Gasteiger partial charge in [-0.15, -0.1) is 0 Å². The molecule has 1 rings (SSSR count). The number of hydrogen-bond acceptors (Lipinski definition) is 4. The van der Waals surface area contributed by atoms with Gasteiger partial charge in [0.2, 0.25) is 0 Å². The Morgan fingerprint density at radius 3 is 2.53 bits per heavy atom. The molecule has 1 unspecified atom stereocenters. The summed E-state index contributed by atoms with van der Waals surface area (Å²) >= 11 is 0. The van der Waals surface area contributed by atoms with Crippen LogP contribution < -0.4 is 11.5 Å². The van der Waals surface area contributed by atoms with Crippen molar-refractivity contribution in [3.63, 3.8) is 0 Å². The second kappa shape index (κ2) is 5.21. The van der Waals surface area contributed by atoms with Gasteiger partial charge in [-0.3, -0.25) is 0 Å². The van der Waals surface area contributed by atoms with E-state index in [1.807, 2.05) is 0 Å². The molecule has 0 aliphatic rings. The topological polar surface area (TPSA) is 98.6 Å². The van der Waals surface area contributed by atoms with Gasteiger partial charge in [-0.2, -0.15) is 0 Å². The molecule has 0 aromatic heterocycles. The monoisotopic (exact) mass is 210 g/mol. The average Bonchev–Trinajstić information content (AvgIpc) is 2.19. The van der Waals surface area contributed by atoms with E-state index in [2.05, 4.69) is 4.74 Å². The summed E-state index contributed by atoms with van der Waals surface area (Å²) in [6.07, 6.45) is -0.260. The number of ether oxygens (including phenoxy) is 1. The molecule has 0 aliphatic carbocycles. The van der Waals surface area contributed by atoms with E-state index in [0.29, 0.717) is 6.42 Å². The van der Waals surface area contributed by atoms with Gasteiger partial charge in [0.1, 0.15) is 12.4 Å². The van der Waals surface area contributed by atoms with Crippen molar-refractivity contribution < 1.29 is 14.6 Å². The molecule has 0 radical (unpaired) electrons. The predicted octanol–water partition coefficient (Wildman–Crippen LogP) is 0.357. The van der Waals surface area contributed by atoms with E-state index >= 15 is 0 Å². The highest BCUT2D eigenvalue weighted by molar-refractivity contribution is 5.64. The maximum Gasteiger partial charge on any atom is 0.404 e. The minimum Gasteiger partial charge on any atom is -0.508 e. The van der Waals surface area contributed by atoms with Crippen molar-refractivity contribution in [3.05, 3.63) is 29.8 Å². The molecule has 0 fully saturated rings. The van der Waals surface area contributed by atoms with Crippen LogP contribution in [-0.2, 0) is 11.2 Å². The zero-order chi connectivity index (χ0) is 11.3. The number of amides is 1. The van der Waals surface area contributed by atoms with Crippen molar-refractivity contribution >= 4 is 6.09 Å². The van der Waals surface area contributed by atoms with Gasteiger partial charge in [-0.05, 0) is 24.1 Å². The summed E-state index contributed by atoms with van der Waals surface area (Å²) < 4.78 is 4.56. The van der Waals surface area contributed by atoms with Gasteiger partial charge in [-0.25, -0.2) is 4.79 Å². The normalized spacial score (nSPS) is 12.1. The van der Waals surface area contributed by atoms with Crippen molar-refractivity contribution in [3.8, 4) is 5.75 Å². The molecular formula is C10H14N2O3. The number of primary amides is 1. The van der Waals surface area contributed by atoms with Gasteiger partial charge in [0.05, 0.1) is 0 Å². The highest BCUT2D eigenvalue weighted by atomic mass is 16.5. The minimum atomic E-state index is -0.823. The summed E-state index contributed by atoms with van der Waals surface area (Å²) in [6, 6.07) is 6.40. The summed E-state index contributed by atoms with van der Waals surface area (Å²) in [5.74, 6) is 0.209. The number of hydrogen-bond donors (Lipinski definition) is 3. The molecule has 15 heavy (non-hydrogen) atoms. The quantitative estimate of drug-likeness (QED) is 0.668. The zero-order valence-electron chi connectivity index (χ0n) is 8.22. The van der Waals surface area contributed by atoms with Crippen LogP contribution in [0.25, 0.3) is 0 Å². The summed E-state index contributed by atoms with van der Waals surface area (Å²) in [5, 5.41) is 9.05. The fraction of sp³-hybridized carbons (Fsp3) is 0.300. The Bertz CT molecular complexity index is 324. The maximum absolute atomic E-state index is 10.3. The maximum atomic E-state index is 10.3. The number of rotatable bonds is 4. The standard InChI is InChI=1S/C10H14N2O3/c11-8(6-15-10(12)14)5-7-1-3-9(13)4-2-7/h1-4,8,13H,5-6,11H2,(H2,12,14). The van der Waals surface area contributed by atoms with Crippen LogP contribution >= 0.6 is 0 Å². The fourth-order valence-electron chi connectivity index (χ4n) is 1.18. The fourth-order valence-corrected chi connectivity index (χ4v) is 1.18. The molecule has 1 amide bonds. The Labute approximate surface area is 87.6 Å². The number of benzene rings is 1. The number of phenolic OH excluding ortho intramolecular Hbond substituents is 1. The van der Waals surface area contributed by atoms with E-state index in [1.54, 1.807) is 24.3 Å². The van der Waals surface area contributed by atoms with Crippen molar-refractivity contribution in [2.75, 3.05) is 6.61 Å². The lowest BCUT2D eigenvalue weighted by molar-refractivity contribution is 0.149. The highest BCUT2D eigenvalue weighted by Gasteiger charge is 2.06. The lowest BCUT2D eigenvalue weighted by atomic mass is 10.1. The van der Waals surface area contributed by atoms with Gasteiger partial charge in [0, 0.05) is 6.04 Å². The SMILES string of the molecule is NC(=O)OCC(N)Cc1ccc(O)cc1. The van der Waals surface area contributed by atoms with Crippen LogP contribution in [0.1, 0.15) is 5.56 Å². The second-order valence-corrected chi connectivity index (χ2v) is 3.26. The molecule has 0 saturated heterocycles. The number of carbonyl (C=O) groups excluding carboxylic acids is 1. The van der Waals surface area contributed by atoms with Gasteiger partial charge in [-0.1, -0.05) is 12.1 Å². The molecule has 1 aromatic carbocycles. The Morgan fingerprint density at radius 1 is 1.40 bits per heavy atom. The second-order valence-electron chi connectivity index (χ2n) is 3.26. The molecule has 1 aromatic rings. The number of nitrogens with two attached hydrogens (primary N) is 2. The van der Waals surface area contributed by atoms with Gasteiger partial charge < -0.3 is 21.3 Å². The zero-order valence-corrected chi connectivity index (χ0v) is 8.22. The predicted molar refractivity (Wildman–Crippen MR) is 55.3 cm³/mol. The van der Waals surface area contributed by atoms with Crippen molar-refractivity contribution in [1.82, 2.24) is 0 Å². The molecule has 0 aliphatic heterocycles. The molecule has 1 atom stereocenters. The summed E-state index contributed by atoms with van der Waals surface area (Å²) in [4.78, 5) is 10.3. The third kappa shape index (κ3) is 4.33. The molecule has 5 nitrogen and oxygen atoms in total. The summed E-state index contributed by atoms with van der Waals surface area (Å²) in [6.45, 7) is 0.0935. The van der Waals surface area contributed by atoms with Crippen LogP contribution in [0.3, 0.4) is 0 Å². The van der Waals surface area contributed by atoms with Crippen molar-refractivity contribution in [1.29, 1.82) is 0 Å². The van der Waals surface area contributed by atoms with Crippen LogP contribution in [0, 0.1) is 0 Å². The molecule has 0 saturated carbocycles. The smallest absolute Gasteiger partial charge is 0.404 e. The van der Waals surface area contributed by atoms with Crippen LogP contribution in [-0.4, -0.2) is 23.8 Å². The number of carbonyl (C=O) groups is 1. The van der Waals surface area contributed by atoms with E-state index in [4.69, 9.17) is 16.6 Å². The van der Waals surface area contributed by atoms with Crippen LogP contribution in [0.2, 0.25) is 0 Å². The first kappa shape index (κ1) is 11.3. The van der Waals surface area contributed by atoms with Gasteiger partial charge in [0.15, 0.2) is 0 Å².